The Morgan fingerprint density at radius 3 is 2.56 bits per heavy atom. The Bertz CT molecular complexity index is 849. The fourth-order valence-corrected chi connectivity index (χ4v) is 3.86. The van der Waals surface area contributed by atoms with Crippen molar-refractivity contribution in [2.45, 2.75) is 45.7 Å². The zero-order chi connectivity index (χ0) is 25.7. The molecule has 1 aliphatic carbocycles. The van der Waals surface area contributed by atoms with E-state index in [9.17, 15) is 17.6 Å². The summed E-state index contributed by atoms with van der Waals surface area (Å²) in [4.78, 5) is 8.81. The lowest BCUT2D eigenvalue weighted by Gasteiger charge is -2.26. The first-order valence-electron chi connectivity index (χ1n) is 11.4. The molecule has 0 amide bonds. The number of anilines is 2. The summed E-state index contributed by atoms with van der Waals surface area (Å²) < 4.78 is 49.7. The lowest BCUT2D eigenvalue weighted by molar-refractivity contribution is -0.156. The van der Waals surface area contributed by atoms with Crippen molar-refractivity contribution in [3.8, 4) is 0 Å². The van der Waals surface area contributed by atoms with E-state index in [0.29, 0.717) is 23.5 Å². The lowest BCUT2D eigenvalue weighted by atomic mass is 9.84. The minimum Gasteiger partial charge on any atom is -0.396 e. The quantitative estimate of drug-likeness (QED) is 0.349. The summed E-state index contributed by atoms with van der Waals surface area (Å²) in [7, 11) is 1.93. The molecule has 190 valence electrons. The number of rotatable bonds is 4. The number of aldehydes is 1. The maximum Gasteiger partial charge on any atom is 0.394 e. The molecule has 1 aromatic rings. The molecule has 2 aliphatic rings. The van der Waals surface area contributed by atoms with Crippen molar-refractivity contribution in [2.24, 2.45) is 11.8 Å². The van der Waals surface area contributed by atoms with E-state index < -0.39 is 18.8 Å². The van der Waals surface area contributed by atoms with E-state index in [4.69, 9.17) is 9.90 Å². The standard InChI is InChI=1S/C13H16F4.C11H16N2O.C2H4O/c1-9-4-3-5-11(12(9)6-7-14)8-10(2)13(15,16)17;1-12-10-3-2-4-11-9(10)5-8(7-14)6-13-11;1-2-3/h6,8,10H,1,3-5,7H2,2H3;2-4,8,12-14H,5-7H2,1H3;2H,1H3/b11-8-,12-6-;;. The highest BCUT2D eigenvalue weighted by atomic mass is 19.4. The van der Waals surface area contributed by atoms with Gasteiger partial charge in [-0.1, -0.05) is 25.6 Å². The van der Waals surface area contributed by atoms with Gasteiger partial charge in [-0.2, -0.15) is 13.2 Å². The van der Waals surface area contributed by atoms with Crippen molar-refractivity contribution in [1.29, 1.82) is 0 Å². The maximum absolute atomic E-state index is 12.5. The second-order valence-electron chi connectivity index (χ2n) is 8.20. The van der Waals surface area contributed by atoms with Crippen LogP contribution in [0.25, 0.3) is 0 Å². The van der Waals surface area contributed by atoms with Gasteiger partial charge in [0.2, 0.25) is 0 Å². The fourth-order valence-electron chi connectivity index (χ4n) is 3.86. The molecule has 0 saturated heterocycles. The fraction of sp³-hybridized carbons (Fsp3) is 0.500. The number of carbonyl (C=O) groups is 1. The number of benzene rings is 1. The summed E-state index contributed by atoms with van der Waals surface area (Å²) in [6.07, 6.45) is 2.03. The van der Waals surface area contributed by atoms with Crippen LogP contribution < -0.4 is 10.6 Å². The van der Waals surface area contributed by atoms with Crippen molar-refractivity contribution in [1.82, 2.24) is 0 Å². The minimum absolute atomic E-state index is 0.254. The smallest absolute Gasteiger partial charge is 0.394 e. The number of allylic oxidation sites excluding steroid dienone is 5. The van der Waals surface area contributed by atoms with Gasteiger partial charge in [0.1, 0.15) is 13.0 Å². The van der Waals surface area contributed by atoms with E-state index in [1.807, 2.05) is 13.1 Å². The molecule has 1 aromatic carbocycles. The largest absolute Gasteiger partial charge is 0.396 e. The van der Waals surface area contributed by atoms with Crippen LogP contribution in [0.15, 0.2) is 53.6 Å². The number of fused-ring (bicyclic) bond motifs is 1. The van der Waals surface area contributed by atoms with Crippen molar-refractivity contribution in [2.75, 3.05) is 37.5 Å². The Kier molecular flexibility index (Phi) is 12.6. The Balaban J connectivity index is 0.000000308. The molecule has 4 nitrogen and oxygen atoms in total. The topological polar surface area (TPSA) is 61.4 Å². The second-order valence-corrected chi connectivity index (χ2v) is 8.20. The zero-order valence-corrected chi connectivity index (χ0v) is 20.1. The number of aliphatic hydroxyl groups is 1. The van der Waals surface area contributed by atoms with Gasteiger partial charge in [-0.3, -0.25) is 0 Å². The molecule has 0 radical (unpaired) electrons. The molecule has 3 rings (SSSR count). The van der Waals surface area contributed by atoms with E-state index in [1.54, 1.807) is 0 Å². The average Bonchev–Trinajstić information content (AvgIpc) is 2.81. The van der Waals surface area contributed by atoms with Gasteiger partial charge >= 0.3 is 6.18 Å². The molecular weight excluding hydrogens is 448 g/mol. The summed E-state index contributed by atoms with van der Waals surface area (Å²) in [5, 5.41) is 15.6. The first-order valence-corrected chi connectivity index (χ1v) is 11.4. The first kappa shape index (κ1) is 29.4. The highest BCUT2D eigenvalue weighted by Crippen LogP contribution is 2.36. The molecule has 0 aromatic heterocycles. The van der Waals surface area contributed by atoms with Crippen LogP contribution in [0.4, 0.5) is 28.9 Å². The number of alkyl halides is 4. The van der Waals surface area contributed by atoms with E-state index in [1.165, 1.54) is 30.3 Å². The molecule has 1 saturated carbocycles. The predicted molar refractivity (Wildman–Crippen MR) is 131 cm³/mol. The molecule has 1 heterocycles. The SMILES string of the molecule is C=C1CCCC(=C/C(C)C(F)(F)F)/C1=C\CF.CC=O.CNc1cccc2c1CC(CO)CN2. The third kappa shape index (κ3) is 8.97. The molecule has 2 unspecified atom stereocenters. The van der Waals surface area contributed by atoms with E-state index in [0.717, 1.165) is 50.3 Å². The normalized spacial score (nSPS) is 20.7. The molecule has 0 bridgehead atoms. The molecule has 1 fully saturated rings. The average molecular weight is 485 g/mol. The van der Waals surface area contributed by atoms with Crippen LogP contribution in [-0.4, -0.2) is 44.4 Å². The van der Waals surface area contributed by atoms with Gasteiger partial charge in [-0.05, 0) is 73.1 Å². The molecule has 3 N–H and O–H groups in total. The van der Waals surface area contributed by atoms with Crippen LogP contribution in [0, 0.1) is 11.8 Å². The molecular formula is C26H36F4N2O2. The van der Waals surface area contributed by atoms with Gasteiger partial charge in [0.05, 0.1) is 5.92 Å². The highest BCUT2D eigenvalue weighted by Gasteiger charge is 2.35. The Labute approximate surface area is 199 Å². The van der Waals surface area contributed by atoms with Gasteiger partial charge in [-0.25, -0.2) is 4.39 Å². The minimum atomic E-state index is -4.24. The summed E-state index contributed by atoms with van der Waals surface area (Å²) in [6, 6.07) is 6.20. The number of halogens is 4. The lowest BCUT2D eigenvalue weighted by Crippen LogP contribution is -2.26. The van der Waals surface area contributed by atoms with Crippen molar-refractivity contribution in [3.05, 3.63) is 59.2 Å². The number of aliphatic hydroxyl groups excluding tert-OH is 1. The number of hydrogen-bond donors (Lipinski definition) is 3. The molecule has 2 atom stereocenters. The maximum atomic E-state index is 12.5. The Hall–Kier alpha value is -2.61. The van der Waals surface area contributed by atoms with E-state index >= 15 is 0 Å². The Morgan fingerprint density at radius 1 is 1.32 bits per heavy atom. The summed E-state index contributed by atoms with van der Waals surface area (Å²) in [6.45, 7) is 6.78. The second kappa shape index (κ2) is 14.6. The number of carbonyl (C=O) groups excluding carboxylic acids is 1. The first-order chi connectivity index (χ1) is 16.1. The number of nitrogens with one attached hydrogen (secondary N) is 2. The van der Waals surface area contributed by atoms with Gasteiger partial charge in [-0.15, -0.1) is 0 Å². The van der Waals surface area contributed by atoms with E-state index in [2.05, 4.69) is 29.3 Å². The molecule has 0 spiro atoms. The van der Waals surface area contributed by atoms with Crippen LogP contribution in [0.5, 0.6) is 0 Å². The van der Waals surface area contributed by atoms with Crippen LogP contribution >= 0.6 is 0 Å². The predicted octanol–water partition coefficient (Wildman–Crippen LogP) is 6.26. The van der Waals surface area contributed by atoms with Gasteiger partial charge in [0.25, 0.3) is 0 Å². The zero-order valence-electron chi connectivity index (χ0n) is 20.1. The molecule has 1 aliphatic heterocycles. The highest BCUT2D eigenvalue weighted by molar-refractivity contribution is 5.66. The summed E-state index contributed by atoms with van der Waals surface area (Å²) in [5.41, 5.74) is 5.52. The van der Waals surface area contributed by atoms with Crippen molar-refractivity contribution < 1.29 is 27.5 Å². The third-order valence-corrected chi connectivity index (χ3v) is 5.68. The molecule has 34 heavy (non-hydrogen) atoms. The summed E-state index contributed by atoms with van der Waals surface area (Å²) in [5.74, 6) is -1.16. The van der Waals surface area contributed by atoms with Crippen LogP contribution in [-0.2, 0) is 11.2 Å². The van der Waals surface area contributed by atoms with Crippen LogP contribution in [0.2, 0.25) is 0 Å². The Morgan fingerprint density at radius 2 is 2.00 bits per heavy atom. The van der Waals surface area contributed by atoms with Gasteiger partial charge < -0.3 is 20.5 Å². The van der Waals surface area contributed by atoms with Crippen LogP contribution in [0.1, 0.15) is 38.7 Å². The van der Waals surface area contributed by atoms with E-state index in [-0.39, 0.29) is 6.61 Å². The number of hydrogen-bond acceptors (Lipinski definition) is 4. The monoisotopic (exact) mass is 484 g/mol. The van der Waals surface area contributed by atoms with Gasteiger partial charge in [0, 0.05) is 37.5 Å². The third-order valence-electron chi connectivity index (χ3n) is 5.68. The van der Waals surface area contributed by atoms with Crippen molar-refractivity contribution in [3.63, 3.8) is 0 Å². The summed E-state index contributed by atoms with van der Waals surface area (Å²) >= 11 is 0. The van der Waals surface area contributed by atoms with Crippen LogP contribution in [0.3, 0.4) is 0 Å². The molecule has 8 heteroatoms. The van der Waals surface area contributed by atoms with Gasteiger partial charge in [0.15, 0.2) is 0 Å². The van der Waals surface area contributed by atoms with Crippen molar-refractivity contribution >= 4 is 17.7 Å².